The van der Waals surface area contributed by atoms with Gasteiger partial charge in [0.1, 0.15) is 6.10 Å². The van der Waals surface area contributed by atoms with E-state index >= 15 is 0 Å². The Morgan fingerprint density at radius 3 is 2.76 bits per heavy atom. The molecule has 2 aliphatic heterocycles. The fourth-order valence-electron chi connectivity index (χ4n) is 2.67. The van der Waals surface area contributed by atoms with Crippen LogP contribution in [-0.2, 0) is 9.53 Å². The van der Waals surface area contributed by atoms with Crippen LogP contribution in [0.15, 0.2) is 0 Å². The van der Waals surface area contributed by atoms with E-state index in [1.165, 1.54) is 0 Å². The summed E-state index contributed by atoms with van der Waals surface area (Å²) in [5, 5.41) is 0. The molecule has 2 aliphatic rings. The van der Waals surface area contributed by atoms with E-state index in [9.17, 15) is 4.79 Å². The van der Waals surface area contributed by atoms with Crippen LogP contribution < -0.4 is 5.73 Å². The van der Waals surface area contributed by atoms with Crippen LogP contribution in [0.4, 0.5) is 0 Å². The summed E-state index contributed by atoms with van der Waals surface area (Å²) < 4.78 is 5.65. The highest BCUT2D eigenvalue weighted by Crippen LogP contribution is 2.22. The number of nitrogens with zero attached hydrogens (tertiary/aromatic N) is 2. The summed E-state index contributed by atoms with van der Waals surface area (Å²) >= 11 is 0. The van der Waals surface area contributed by atoms with Crippen molar-refractivity contribution in [1.82, 2.24) is 9.80 Å². The van der Waals surface area contributed by atoms with Crippen molar-refractivity contribution in [3.8, 4) is 0 Å². The normalized spacial score (nSPS) is 35.2. The molecule has 2 rings (SSSR count). The van der Waals surface area contributed by atoms with E-state index in [1.807, 2.05) is 11.8 Å². The summed E-state index contributed by atoms with van der Waals surface area (Å²) in [4.78, 5) is 16.5. The molecule has 17 heavy (non-hydrogen) atoms. The zero-order valence-electron chi connectivity index (χ0n) is 10.8. The molecule has 0 aromatic heterocycles. The Balaban J connectivity index is 1.98. The Kier molecular flexibility index (Phi) is 4.01. The zero-order valence-corrected chi connectivity index (χ0v) is 10.8. The summed E-state index contributed by atoms with van der Waals surface area (Å²) in [6, 6.07) is 0.140. The van der Waals surface area contributed by atoms with Crippen LogP contribution in [-0.4, -0.2) is 67.2 Å². The quantitative estimate of drug-likeness (QED) is 0.718. The smallest absolute Gasteiger partial charge is 0.252 e. The third-order valence-corrected chi connectivity index (χ3v) is 3.75. The Morgan fingerprint density at radius 1 is 1.41 bits per heavy atom. The second-order valence-electron chi connectivity index (χ2n) is 5.20. The minimum Gasteiger partial charge on any atom is -0.365 e. The van der Waals surface area contributed by atoms with Crippen molar-refractivity contribution >= 4 is 5.91 Å². The molecular formula is C12H23N3O2. The lowest BCUT2D eigenvalue weighted by Crippen LogP contribution is -2.58. The Bertz CT molecular complexity index is 285. The number of piperazine rings is 1. The lowest BCUT2D eigenvalue weighted by molar-refractivity contribution is -0.147. The van der Waals surface area contributed by atoms with Crippen LogP contribution >= 0.6 is 0 Å². The molecule has 3 unspecified atom stereocenters. The van der Waals surface area contributed by atoms with Gasteiger partial charge in [-0.1, -0.05) is 0 Å². The average molecular weight is 241 g/mol. The number of carbonyl (C=O) groups is 1. The van der Waals surface area contributed by atoms with E-state index in [0.717, 1.165) is 32.5 Å². The van der Waals surface area contributed by atoms with Gasteiger partial charge in [-0.3, -0.25) is 4.79 Å². The van der Waals surface area contributed by atoms with Gasteiger partial charge in [-0.05, 0) is 26.8 Å². The van der Waals surface area contributed by atoms with Crippen LogP contribution in [0, 0.1) is 0 Å². The average Bonchev–Trinajstić information content (AvgIpc) is 2.75. The highest BCUT2D eigenvalue weighted by Gasteiger charge is 2.36. The minimum atomic E-state index is -0.234. The van der Waals surface area contributed by atoms with Gasteiger partial charge in [-0.25, -0.2) is 0 Å². The fraction of sp³-hybridized carbons (Fsp3) is 0.917. The minimum absolute atomic E-state index is 0.137. The molecule has 98 valence electrons. The van der Waals surface area contributed by atoms with Crippen LogP contribution in [0.1, 0.15) is 19.8 Å². The highest BCUT2D eigenvalue weighted by atomic mass is 16.5. The standard InChI is InChI=1S/C12H23N3O2/c1-9-3-4-11(17-9)12(16)15-6-5-14(2)8-10(15)7-13/h9-11H,3-8,13H2,1-2H3. The van der Waals surface area contributed by atoms with Crippen molar-refractivity contribution in [1.29, 1.82) is 0 Å². The van der Waals surface area contributed by atoms with Crippen molar-refractivity contribution in [3.63, 3.8) is 0 Å². The maximum atomic E-state index is 12.3. The van der Waals surface area contributed by atoms with Gasteiger partial charge >= 0.3 is 0 Å². The largest absolute Gasteiger partial charge is 0.365 e. The molecule has 5 nitrogen and oxygen atoms in total. The summed E-state index contributed by atoms with van der Waals surface area (Å²) in [5.74, 6) is 0.137. The molecule has 5 heteroatoms. The van der Waals surface area contributed by atoms with Gasteiger partial charge in [0.2, 0.25) is 0 Å². The van der Waals surface area contributed by atoms with E-state index in [1.54, 1.807) is 0 Å². The van der Waals surface area contributed by atoms with Crippen molar-refractivity contribution in [2.24, 2.45) is 5.73 Å². The summed E-state index contributed by atoms with van der Waals surface area (Å²) in [6.07, 6.45) is 1.82. The third-order valence-electron chi connectivity index (χ3n) is 3.75. The molecule has 2 N–H and O–H groups in total. The maximum absolute atomic E-state index is 12.3. The number of nitrogens with two attached hydrogens (primary N) is 1. The SMILES string of the molecule is CC1CCC(C(=O)N2CCN(C)CC2CN)O1. The van der Waals surface area contributed by atoms with Gasteiger partial charge in [0.25, 0.3) is 5.91 Å². The first-order chi connectivity index (χ1) is 8.11. The van der Waals surface area contributed by atoms with Crippen LogP contribution in [0.3, 0.4) is 0 Å². The molecule has 3 atom stereocenters. The predicted molar refractivity (Wildman–Crippen MR) is 65.6 cm³/mol. The zero-order chi connectivity index (χ0) is 12.4. The lowest BCUT2D eigenvalue weighted by atomic mass is 10.1. The van der Waals surface area contributed by atoms with E-state index in [4.69, 9.17) is 10.5 Å². The Morgan fingerprint density at radius 2 is 2.18 bits per heavy atom. The molecule has 0 aromatic rings. The van der Waals surface area contributed by atoms with Crippen molar-refractivity contribution in [2.75, 3.05) is 33.2 Å². The highest BCUT2D eigenvalue weighted by molar-refractivity contribution is 5.81. The molecular weight excluding hydrogens is 218 g/mol. The van der Waals surface area contributed by atoms with Gasteiger partial charge in [0.15, 0.2) is 0 Å². The van der Waals surface area contributed by atoms with Gasteiger partial charge < -0.3 is 20.3 Å². The second kappa shape index (κ2) is 5.33. The van der Waals surface area contributed by atoms with Crippen LogP contribution in [0.5, 0.6) is 0 Å². The number of rotatable bonds is 2. The Hall–Kier alpha value is -0.650. The lowest BCUT2D eigenvalue weighted by Gasteiger charge is -2.40. The predicted octanol–water partition coefficient (Wildman–Crippen LogP) is -0.345. The number of ether oxygens (including phenoxy) is 1. The molecule has 0 radical (unpaired) electrons. The molecule has 0 aromatic carbocycles. The molecule has 2 heterocycles. The number of carbonyl (C=O) groups excluding carboxylic acids is 1. The maximum Gasteiger partial charge on any atom is 0.252 e. The van der Waals surface area contributed by atoms with E-state index in [-0.39, 0.29) is 24.2 Å². The first-order valence-corrected chi connectivity index (χ1v) is 6.46. The first-order valence-electron chi connectivity index (χ1n) is 6.46. The van der Waals surface area contributed by atoms with Gasteiger partial charge in [0, 0.05) is 26.2 Å². The van der Waals surface area contributed by atoms with E-state index < -0.39 is 0 Å². The van der Waals surface area contributed by atoms with E-state index in [2.05, 4.69) is 11.9 Å². The number of hydrogen-bond acceptors (Lipinski definition) is 4. The molecule has 1 amide bonds. The fourth-order valence-corrected chi connectivity index (χ4v) is 2.67. The first kappa shape index (κ1) is 12.8. The molecule has 0 bridgehead atoms. The summed E-state index contributed by atoms with van der Waals surface area (Å²) in [7, 11) is 2.07. The van der Waals surface area contributed by atoms with Crippen LogP contribution in [0.25, 0.3) is 0 Å². The van der Waals surface area contributed by atoms with Crippen molar-refractivity contribution < 1.29 is 9.53 Å². The summed E-state index contributed by atoms with van der Waals surface area (Å²) in [5.41, 5.74) is 5.76. The number of likely N-dealkylation sites (N-methyl/N-ethyl adjacent to an activating group) is 1. The van der Waals surface area contributed by atoms with Crippen LogP contribution in [0.2, 0.25) is 0 Å². The topological polar surface area (TPSA) is 58.8 Å². The summed E-state index contributed by atoms with van der Waals surface area (Å²) in [6.45, 7) is 5.11. The second-order valence-corrected chi connectivity index (χ2v) is 5.20. The number of hydrogen-bond donors (Lipinski definition) is 1. The molecule has 2 fully saturated rings. The van der Waals surface area contributed by atoms with Crippen molar-refractivity contribution in [2.45, 2.75) is 38.0 Å². The van der Waals surface area contributed by atoms with Gasteiger partial charge in [0.05, 0.1) is 12.1 Å². The molecule has 0 spiro atoms. The molecule has 0 aliphatic carbocycles. The van der Waals surface area contributed by atoms with E-state index in [0.29, 0.717) is 6.54 Å². The number of amides is 1. The third kappa shape index (κ3) is 2.78. The van der Waals surface area contributed by atoms with Gasteiger partial charge in [-0.2, -0.15) is 0 Å². The monoisotopic (exact) mass is 241 g/mol. The van der Waals surface area contributed by atoms with Crippen molar-refractivity contribution in [3.05, 3.63) is 0 Å². The van der Waals surface area contributed by atoms with Gasteiger partial charge in [-0.15, -0.1) is 0 Å². The Labute approximate surface area is 103 Å². The molecule has 0 saturated carbocycles. The molecule has 2 saturated heterocycles.